The van der Waals surface area contributed by atoms with E-state index < -0.39 is 0 Å². The van der Waals surface area contributed by atoms with E-state index in [0.717, 1.165) is 18.7 Å². The molecule has 0 amide bonds. The summed E-state index contributed by atoms with van der Waals surface area (Å²) < 4.78 is 7.64. The van der Waals surface area contributed by atoms with Crippen LogP contribution in [-0.2, 0) is 13.0 Å². The molecular formula is C15H22N2O. The van der Waals surface area contributed by atoms with Crippen molar-refractivity contribution < 1.29 is 4.74 Å². The molecule has 2 aromatic rings. The predicted molar refractivity (Wildman–Crippen MR) is 76.2 cm³/mol. The molecule has 1 heterocycles. The molecule has 0 unspecified atom stereocenters. The minimum absolute atomic E-state index is 0.685. The van der Waals surface area contributed by atoms with Gasteiger partial charge < -0.3 is 15.0 Å². The van der Waals surface area contributed by atoms with E-state index in [-0.39, 0.29) is 0 Å². The Kier molecular flexibility index (Phi) is 4.26. The van der Waals surface area contributed by atoms with Crippen molar-refractivity contribution in [3.8, 4) is 5.75 Å². The smallest absolute Gasteiger partial charge is 0.119 e. The maximum absolute atomic E-state index is 5.69. The monoisotopic (exact) mass is 246 g/mol. The first kappa shape index (κ1) is 13.0. The SMILES string of the molecule is CCCCn1cc(CCN)c2cc(OC)ccc21. The van der Waals surface area contributed by atoms with Gasteiger partial charge in [0.15, 0.2) is 0 Å². The van der Waals surface area contributed by atoms with Crippen LogP contribution in [-0.4, -0.2) is 18.2 Å². The predicted octanol–water partition coefficient (Wildman–Crippen LogP) is 2.95. The zero-order valence-electron chi connectivity index (χ0n) is 11.3. The van der Waals surface area contributed by atoms with Gasteiger partial charge in [0, 0.05) is 23.6 Å². The Balaban J connectivity index is 2.45. The average Bonchev–Trinajstić information content (AvgIpc) is 2.74. The van der Waals surface area contributed by atoms with Crippen molar-refractivity contribution in [1.29, 1.82) is 0 Å². The zero-order chi connectivity index (χ0) is 13.0. The number of benzene rings is 1. The van der Waals surface area contributed by atoms with E-state index in [0.29, 0.717) is 6.54 Å². The maximum Gasteiger partial charge on any atom is 0.119 e. The van der Waals surface area contributed by atoms with Crippen molar-refractivity contribution in [3.63, 3.8) is 0 Å². The molecule has 0 aliphatic rings. The molecule has 0 atom stereocenters. The fourth-order valence-electron chi connectivity index (χ4n) is 2.35. The third-order valence-electron chi connectivity index (χ3n) is 3.34. The molecule has 0 saturated heterocycles. The van der Waals surface area contributed by atoms with Gasteiger partial charge in [0.05, 0.1) is 7.11 Å². The summed E-state index contributed by atoms with van der Waals surface area (Å²) >= 11 is 0. The molecule has 0 spiro atoms. The van der Waals surface area contributed by atoms with Gasteiger partial charge in [0.25, 0.3) is 0 Å². The standard InChI is InChI=1S/C15H22N2O/c1-3-4-9-17-11-12(7-8-16)14-10-13(18-2)5-6-15(14)17/h5-6,10-11H,3-4,7-9,16H2,1-2H3. The molecule has 0 aliphatic heterocycles. The van der Waals surface area contributed by atoms with Gasteiger partial charge >= 0.3 is 0 Å². The van der Waals surface area contributed by atoms with Crippen molar-refractivity contribution in [3.05, 3.63) is 30.0 Å². The molecule has 2 rings (SSSR count). The van der Waals surface area contributed by atoms with Crippen LogP contribution in [0.15, 0.2) is 24.4 Å². The summed E-state index contributed by atoms with van der Waals surface area (Å²) in [6.07, 6.45) is 5.58. The molecule has 2 N–H and O–H groups in total. The van der Waals surface area contributed by atoms with Gasteiger partial charge in [-0.2, -0.15) is 0 Å². The molecular weight excluding hydrogens is 224 g/mol. The number of hydrogen-bond acceptors (Lipinski definition) is 2. The van der Waals surface area contributed by atoms with Crippen LogP contribution in [0, 0.1) is 0 Å². The van der Waals surface area contributed by atoms with E-state index in [2.05, 4.69) is 29.8 Å². The van der Waals surface area contributed by atoms with Crippen LogP contribution in [0.3, 0.4) is 0 Å². The molecule has 18 heavy (non-hydrogen) atoms. The fourth-order valence-corrected chi connectivity index (χ4v) is 2.35. The van der Waals surface area contributed by atoms with Crippen molar-refractivity contribution in [2.45, 2.75) is 32.7 Å². The minimum Gasteiger partial charge on any atom is -0.497 e. The number of nitrogens with two attached hydrogens (primary N) is 1. The molecule has 98 valence electrons. The highest BCUT2D eigenvalue weighted by atomic mass is 16.5. The van der Waals surface area contributed by atoms with Crippen molar-refractivity contribution in [2.24, 2.45) is 5.73 Å². The molecule has 3 nitrogen and oxygen atoms in total. The van der Waals surface area contributed by atoms with E-state index >= 15 is 0 Å². The topological polar surface area (TPSA) is 40.2 Å². The number of aryl methyl sites for hydroxylation is 1. The number of nitrogens with zero attached hydrogens (tertiary/aromatic N) is 1. The van der Waals surface area contributed by atoms with Gasteiger partial charge in [-0.15, -0.1) is 0 Å². The highest BCUT2D eigenvalue weighted by Gasteiger charge is 2.08. The summed E-state index contributed by atoms with van der Waals surface area (Å²) in [7, 11) is 1.71. The first-order valence-corrected chi connectivity index (χ1v) is 6.66. The number of methoxy groups -OCH3 is 1. The van der Waals surface area contributed by atoms with Gasteiger partial charge in [-0.05, 0) is 43.1 Å². The first-order chi connectivity index (χ1) is 8.80. The largest absolute Gasteiger partial charge is 0.497 e. The van der Waals surface area contributed by atoms with Crippen molar-refractivity contribution in [2.75, 3.05) is 13.7 Å². The highest BCUT2D eigenvalue weighted by Crippen LogP contribution is 2.26. The molecule has 3 heteroatoms. The Morgan fingerprint density at radius 2 is 2.17 bits per heavy atom. The van der Waals surface area contributed by atoms with Gasteiger partial charge in [-0.3, -0.25) is 0 Å². The van der Waals surface area contributed by atoms with Crippen LogP contribution >= 0.6 is 0 Å². The van der Waals surface area contributed by atoms with Crippen LogP contribution in [0.4, 0.5) is 0 Å². The van der Waals surface area contributed by atoms with Crippen molar-refractivity contribution in [1.82, 2.24) is 4.57 Å². The molecule has 0 fully saturated rings. The number of unbranched alkanes of at least 4 members (excludes halogenated alkanes) is 1. The quantitative estimate of drug-likeness (QED) is 0.851. The molecule has 0 radical (unpaired) electrons. The Morgan fingerprint density at radius 3 is 2.83 bits per heavy atom. The van der Waals surface area contributed by atoms with E-state index in [1.807, 2.05) is 6.07 Å². The Morgan fingerprint density at radius 1 is 1.33 bits per heavy atom. The summed E-state index contributed by atoms with van der Waals surface area (Å²) in [6, 6.07) is 6.28. The summed E-state index contributed by atoms with van der Waals surface area (Å²) in [5.41, 5.74) is 8.30. The fraction of sp³-hybridized carbons (Fsp3) is 0.467. The first-order valence-electron chi connectivity index (χ1n) is 6.66. The number of fused-ring (bicyclic) bond motifs is 1. The summed E-state index contributed by atoms with van der Waals surface area (Å²) in [5, 5.41) is 1.27. The van der Waals surface area contributed by atoms with E-state index in [1.54, 1.807) is 7.11 Å². The van der Waals surface area contributed by atoms with Crippen LogP contribution in [0.1, 0.15) is 25.3 Å². The lowest BCUT2D eigenvalue weighted by molar-refractivity contribution is 0.415. The minimum atomic E-state index is 0.685. The van der Waals surface area contributed by atoms with Gasteiger partial charge in [-0.1, -0.05) is 13.3 Å². The third-order valence-corrected chi connectivity index (χ3v) is 3.34. The lowest BCUT2D eigenvalue weighted by Crippen LogP contribution is -2.02. The molecule has 1 aromatic heterocycles. The Hall–Kier alpha value is -1.48. The van der Waals surface area contributed by atoms with E-state index in [1.165, 1.54) is 29.3 Å². The highest BCUT2D eigenvalue weighted by molar-refractivity contribution is 5.85. The van der Waals surface area contributed by atoms with E-state index in [4.69, 9.17) is 10.5 Å². The van der Waals surface area contributed by atoms with Crippen LogP contribution in [0.25, 0.3) is 10.9 Å². The van der Waals surface area contributed by atoms with Crippen LogP contribution in [0.2, 0.25) is 0 Å². The summed E-state index contributed by atoms with van der Waals surface area (Å²) in [4.78, 5) is 0. The number of hydrogen-bond donors (Lipinski definition) is 1. The van der Waals surface area contributed by atoms with Gasteiger partial charge in [-0.25, -0.2) is 0 Å². The number of ether oxygens (including phenoxy) is 1. The molecule has 1 aromatic carbocycles. The van der Waals surface area contributed by atoms with Gasteiger partial charge in [0.1, 0.15) is 5.75 Å². The number of aromatic nitrogens is 1. The van der Waals surface area contributed by atoms with Crippen LogP contribution < -0.4 is 10.5 Å². The third kappa shape index (κ3) is 2.51. The maximum atomic E-state index is 5.69. The van der Waals surface area contributed by atoms with Crippen LogP contribution in [0.5, 0.6) is 5.75 Å². The number of rotatable bonds is 6. The summed E-state index contributed by atoms with van der Waals surface area (Å²) in [5.74, 6) is 0.911. The molecule has 0 bridgehead atoms. The second-order valence-corrected chi connectivity index (χ2v) is 4.62. The lowest BCUT2D eigenvalue weighted by atomic mass is 10.1. The Labute approximate surface area is 109 Å². The van der Waals surface area contributed by atoms with Crippen molar-refractivity contribution >= 4 is 10.9 Å². The second-order valence-electron chi connectivity index (χ2n) is 4.62. The average molecular weight is 246 g/mol. The molecule has 0 saturated carbocycles. The molecule has 0 aliphatic carbocycles. The Bertz CT molecular complexity index is 516. The second kappa shape index (κ2) is 5.91. The lowest BCUT2D eigenvalue weighted by Gasteiger charge is -2.04. The zero-order valence-corrected chi connectivity index (χ0v) is 11.3. The summed E-state index contributed by atoms with van der Waals surface area (Å²) in [6.45, 7) is 3.98. The van der Waals surface area contributed by atoms with E-state index in [9.17, 15) is 0 Å². The van der Waals surface area contributed by atoms with Gasteiger partial charge in [0.2, 0.25) is 0 Å². The normalized spacial score (nSPS) is 11.1.